The molecule has 12 rings (SSSR count). The predicted octanol–water partition coefficient (Wildman–Crippen LogP) is -3.08. The molecule has 0 saturated carbocycles. The molecular formula is C60H84N4O32S4. The zero-order valence-electron chi connectivity index (χ0n) is 56.0. The van der Waals surface area contributed by atoms with Crippen molar-refractivity contribution in [2.24, 2.45) is 5.92 Å². The van der Waals surface area contributed by atoms with Crippen LogP contribution >= 0.6 is 0 Å². The van der Waals surface area contributed by atoms with E-state index in [0.717, 1.165) is 0 Å². The van der Waals surface area contributed by atoms with Crippen LogP contribution in [-0.2, 0) is 152 Å². The van der Waals surface area contributed by atoms with E-state index in [0.29, 0.717) is 35.1 Å². The number of nitrogens with one attached hydrogen (secondary N) is 4. The summed E-state index contributed by atoms with van der Waals surface area (Å²) >= 11 is 0. The zero-order chi connectivity index (χ0) is 73.6. The minimum Gasteiger partial charge on any atom is -0.462 e. The second-order valence-corrected chi connectivity index (χ2v) is 33.4. The van der Waals surface area contributed by atoms with Gasteiger partial charge in [0.1, 0.15) is 146 Å². The van der Waals surface area contributed by atoms with E-state index in [-0.39, 0.29) is 115 Å². The van der Waals surface area contributed by atoms with E-state index in [1.165, 1.54) is 0 Å². The van der Waals surface area contributed by atoms with Crippen molar-refractivity contribution in [2.45, 2.75) is 192 Å². The van der Waals surface area contributed by atoms with Crippen molar-refractivity contribution in [2.75, 3.05) is 79.0 Å². The zero-order valence-corrected chi connectivity index (χ0v) is 59.3. The Morgan fingerprint density at radius 3 is 1.38 bits per heavy atom. The molecule has 0 aliphatic carbocycles. The van der Waals surface area contributed by atoms with E-state index in [9.17, 15) is 72.0 Å². The van der Waals surface area contributed by atoms with Crippen LogP contribution in [0.25, 0.3) is 0 Å². The number of fused-ring (bicyclic) bond motifs is 4. The van der Waals surface area contributed by atoms with Gasteiger partial charge in [-0.2, -0.15) is 33.7 Å². The number of hydrogen-bond acceptors (Lipinski definition) is 32. The van der Waals surface area contributed by atoms with Gasteiger partial charge in [0, 0.05) is 34.6 Å². The SMILES string of the molecule is C=C(C)C(=O)NCCOC(=O)COC1C2CC3C(C)(O2)C1OS3(=O)=O.C=C(C)C(=O)NCCOC(=O)COC1C2CC3C(O2)C1(C)OS3(=O)=O.C=C(C)C(=O)NCCOC(=O)COC1C2OC3C1OS(=O)(=O)C3C2C.C=C(C)C(=O)NCCOC(=O)COC1C2OS(=O)(=O)C3CC1(C)OC23. The summed E-state index contributed by atoms with van der Waals surface area (Å²) in [5.74, 6) is -3.97. The third-order valence-corrected chi connectivity index (χ3v) is 25.8. The Morgan fingerprint density at radius 2 is 0.900 bits per heavy atom. The Kier molecular flexibility index (Phi) is 23.8. The number of carbonyl (C=O) groups is 8. The number of ether oxygens (including phenoxy) is 12. The number of amides is 4. The van der Waals surface area contributed by atoms with Crippen LogP contribution in [0, 0.1) is 5.92 Å². The van der Waals surface area contributed by atoms with Crippen LogP contribution in [-0.4, -0.2) is 277 Å². The largest absolute Gasteiger partial charge is 0.462 e. The van der Waals surface area contributed by atoms with Gasteiger partial charge in [-0.25, -0.2) is 19.2 Å². The summed E-state index contributed by atoms with van der Waals surface area (Å²) in [6, 6.07) is 0. The second kappa shape index (κ2) is 30.4. The number of hydrogen-bond donors (Lipinski definition) is 4. The van der Waals surface area contributed by atoms with Gasteiger partial charge in [0.2, 0.25) is 23.6 Å². The van der Waals surface area contributed by atoms with Crippen molar-refractivity contribution in [3.05, 3.63) is 48.6 Å². The van der Waals surface area contributed by atoms with Gasteiger partial charge in [0.15, 0.2) is 0 Å². The average molecular weight is 1500 g/mol. The van der Waals surface area contributed by atoms with Crippen LogP contribution < -0.4 is 21.3 Å². The molecule has 0 aromatic heterocycles. The fourth-order valence-corrected chi connectivity index (χ4v) is 21.5. The summed E-state index contributed by atoms with van der Waals surface area (Å²) in [6.45, 7) is 26.4. The van der Waals surface area contributed by atoms with E-state index < -0.39 is 182 Å². The van der Waals surface area contributed by atoms with Gasteiger partial charge in [-0.1, -0.05) is 33.2 Å². The second-order valence-electron chi connectivity index (χ2n) is 26.4. The molecule has 12 aliphatic rings. The number of carbonyl (C=O) groups excluding carboxylic acids is 8. The first-order valence-electron chi connectivity index (χ1n) is 31.9. The fourth-order valence-electron chi connectivity index (χ4n) is 14.1. The summed E-state index contributed by atoms with van der Waals surface area (Å²) in [4.78, 5) is 92.0. The lowest BCUT2D eigenvalue weighted by molar-refractivity contribution is -0.157. The summed E-state index contributed by atoms with van der Waals surface area (Å²) in [7, 11) is -14.6. The lowest BCUT2D eigenvalue weighted by Gasteiger charge is -2.30. The molecule has 36 nitrogen and oxygen atoms in total. The summed E-state index contributed by atoms with van der Waals surface area (Å²) in [5.41, 5.74) is -1.37. The maximum Gasteiger partial charge on any atom is 0.332 e. The van der Waals surface area contributed by atoms with Gasteiger partial charge in [0.25, 0.3) is 40.5 Å². The Hall–Kier alpha value is -5.96. The summed E-state index contributed by atoms with van der Waals surface area (Å²) in [6.07, 6.45) is -6.77. The Labute approximate surface area is 577 Å². The van der Waals surface area contributed by atoms with Crippen LogP contribution in [0.4, 0.5) is 0 Å². The van der Waals surface area contributed by atoms with Gasteiger partial charge < -0.3 is 78.1 Å². The van der Waals surface area contributed by atoms with Gasteiger partial charge in [0.05, 0.1) is 50.1 Å². The lowest BCUT2D eigenvalue weighted by Crippen LogP contribution is -2.50. The van der Waals surface area contributed by atoms with Crippen molar-refractivity contribution in [3.8, 4) is 0 Å². The molecule has 12 heterocycles. The molecule has 4 amide bonds. The quantitative estimate of drug-likeness (QED) is 0.0198. The highest BCUT2D eigenvalue weighted by Gasteiger charge is 2.75. The Balaban J connectivity index is 0.000000156. The maximum atomic E-state index is 12.0. The lowest BCUT2D eigenvalue weighted by atomic mass is 9.83. The van der Waals surface area contributed by atoms with Gasteiger partial charge in [-0.15, -0.1) is 0 Å². The smallest absolute Gasteiger partial charge is 0.332 e. The molecule has 40 heteroatoms. The third-order valence-electron chi connectivity index (χ3n) is 18.7. The minimum atomic E-state index is -3.66. The predicted molar refractivity (Wildman–Crippen MR) is 336 cm³/mol. The molecular weight excluding hydrogens is 1420 g/mol. The minimum absolute atomic E-state index is 0.0000935. The van der Waals surface area contributed by atoms with Crippen LogP contribution in [0.1, 0.15) is 74.7 Å². The first-order chi connectivity index (χ1) is 46.7. The summed E-state index contributed by atoms with van der Waals surface area (Å²) < 4.78 is 181. The normalized spacial score (nSPS) is 37.0. The maximum absolute atomic E-state index is 12.0. The monoisotopic (exact) mass is 1500 g/mol. The molecule has 21 atom stereocenters. The van der Waals surface area contributed by atoms with E-state index in [1.807, 2.05) is 0 Å². The number of rotatable bonds is 28. The van der Waals surface area contributed by atoms with E-state index in [1.54, 1.807) is 55.4 Å². The van der Waals surface area contributed by atoms with Crippen LogP contribution in [0.15, 0.2) is 48.6 Å². The molecule has 0 aromatic carbocycles. The molecule has 0 radical (unpaired) electrons. The van der Waals surface area contributed by atoms with Crippen LogP contribution in [0.5, 0.6) is 0 Å². The van der Waals surface area contributed by atoms with E-state index >= 15 is 0 Å². The highest BCUT2D eigenvalue weighted by Crippen LogP contribution is 2.57. The third kappa shape index (κ3) is 16.3. The highest BCUT2D eigenvalue weighted by molar-refractivity contribution is 7.88. The molecule has 12 saturated heterocycles. The average Bonchev–Trinajstić information content (AvgIpc) is 1.47. The molecule has 8 bridgehead atoms. The van der Waals surface area contributed by atoms with Crippen molar-refractivity contribution in [3.63, 3.8) is 0 Å². The van der Waals surface area contributed by atoms with E-state index in [2.05, 4.69) is 47.6 Å². The van der Waals surface area contributed by atoms with Crippen LogP contribution in [0.2, 0.25) is 0 Å². The van der Waals surface area contributed by atoms with Crippen molar-refractivity contribution >= 4 is 88.0 Å². The van der Waals surface area contributed by atoms with Gasteiger partial charge in [-0.05, 0) is 61.3 Å². The molecule has 21 unspecified atom stereocenters. The van der Waals surface area contributed by atoms with Crippen molar-refractivity contribution < 1.29 is 146 Å². The number of esters is 4. The molecule has 100 heavy (non-hydrogen) atoms. The Morgan fingerprint density at radius 1 is 0.450 bits per heavy atom. The standard InChI is InChI=1S/4C15H21NO8S/c1-8(2)14(18)16-4-5-21-10(17)7-22-13-12-11-9(25(19,20)24-12)6-15(13,3)23-11;1-8(2)14(18)16-4-5-21-11(17)7-22-12-9-6-10-15(3,23-9)13(12)24-25(10,19)20;1-8(2)14(18)16-4-5-21-11(17)7-22-12-9-6-10-13(23-9)15(12,3)24-25(10,19)20;1-7(2)15(18)16-4-5-21-9(17)6-22-11-10-8(3)14-13(23-10)12(11)24-25(14,19)20/h9,11-13H,1,4-7H2,2-3H3,(H,16,18);2*9-10,12-13H,1,4-7H2,2-3H3,(H,16,18);8,10-14H,1,4-6H2,2-3H3,(H,16,18). The van der Waals surface area contributed by atoms with Crippen molar-refractivity contribution in [1.29, 1.82) is 0 Å². The first-order valence-corrected chi connectivity index (χ1v) is 37.8. The van der Waals surface area contributed by atoms with Crippen LogP contribution in [0.3, 0.4) is 0 Å². The molecule has 560 valence electrons. The van der Waals surface area contributed by atoms with Gasteiger partial charge >= 0.3 is 23.9 Å². The first kappa shape index (κ1) is 78.2. The Bertz CT molecular complexity index is 3630. The molecule has 0 spiro atoms. The van der Waals surface area contributed by atoms with E-state index in [4.69, 9.17) is 73.6 Å². The van der Waals surface area contributed by atoms with Crippen molar-refractivity contribution in [1.82, 2.24) is 21.3 Å². The molecule has 12 aliphatic heterocycles. The summed E-state index contributed by atoms with van der Waals surface area (Å²) in [5, 5.41) is 7.46. The fraction of sp³-hybridized carbons (Fsp3) is 0.733. The molecule has 12 fully saturated rings. The molecule has 0 aromatic rings. The topological polar surface area (TPSA) is 469 Å². The van der Waals surface area contributed by atoms with Gasteiger partial charge in [-0.3, -0.25) is 35.9 Å². The highest BCUT2D eigenvalue weighted by atomic mass is 32.2. The molecule has 4 N–H and O–H groups in total.